The Bertz CT molecular complexity index is 1710. The summed E-state index contributed by atoms with van der Waals surface area (Å²) < 4.78 is 51.7. The second-order valence-electron chi connectivity index (χ2n) is 12.4. The molecule has 10 heteroatoms. The van der Waals surface area contributed by atoms with E-state index in [-0.39, 0.29) is 33.6 Å². The Balaban J connectivity index is 1.25. The van der Waals surface area contributed by atoms with Gasteiger partial charge in [0.2, 0.25) is 5.88 Å². The molecule has 2 aromatic carbocycles. The van der Waals surface area contributed by atoms with Crippen LogP contribution in [0.15, 0.2) is 42.5 Å². The first-order valence-corrected chi connectivity index (χ1v) is 14.8. The highest BCUT2D eigenvalue weighted by Gasteiger charge is 2.49. The fourth-order valence-electron chi connectivity index (χ4n) is 7.81. The summed E-state index contributed by atoms with van der Waals surface area (Å²) in [5.74, 6) is -0.930. The molecule has 2 aromatic heterocycles. The van der Waals surface area contributed by atoms with Crippen LogP contribution in [0.4, 0.5) is 18.9 Å². The van der Waals surface area contributed by atoms with Gasteiger partial charge >= 0.3 is 0 Å². The normalized spacial score (nSPS) is 27.3. The molecule has 0 radical (unpaired) electrons. The van der Waals surface area contributed by atoms with Crippen LogP contribution in [-0.4, -0.2) is 76.6 Å². The Kier molecular flexibility index (Phi) is 6.01. The van der Waals surface area contributed by atoms with Crippen molar-refractivity contribution in [1.82, 2.24) is 20.2 Å². The van der Waals surface area contributed by atoms with Gasteiger partial charge in [0.15, 0.2) is 5.65 Å². The number of alkyl halides is 1. The average molecular weight is 576 g/mol. The number of aromatic hydroxyl groups is 1. The predicted octanol–water partition coefficient (Wildman–Crippen LogP) is 5.33. The summed E-state index contributed by atoms with van der Waals surface area (Å²) in [6, 6.07) is 11.3. The van der Waals surface area contributed by atoms with Crippen LogP contribution in [0.3, 0.4) is 0 Å². The van der Waals surface area contributed by atoms with Gasteiger partial charge < -0.3 is 20.1 Å². The minimum Gasteiger partial charge on any atom is -0.508 e. The van der Waals surface area contributed by atoms with Crippen LogP contribution in [0, 0.1) is 11.6 Å². The van der Waals surface area contributed by atoms with Crippen molar-refractivity contribution in [3.8, 4) is 22.9 Å². The Hall–Kier alpha value is -3.63. The number of hydrogen-bond donors (Lipinski definition) is 2. The summed E-state index contributed by atoms with van der Waals surface area (Å²) in [6.45, 7) is 3.14. The lowest BCUT2D eigenvalue weighted by Gasteiger charge is -2.35. The highest BCUT2D eigenvalue weighted by Crippen LogP contribution is 2.42. The van der Waals surface area contributed by atoms with Crippen molar-refractivity contribution in [1.29, 1.82) is 0 Å². The first kappa shape index (κ1) is 26.0. The number of phenols is 1. The van der Waals surface area contributed by atoms with E-state index in [4.69, 9.17) is 9.72 Å². The molecule has 2 unspecified atom stereocenters. The van der Waals surface area contributed by atoms with E-state index in [2.05, 4.69) is 20.1 Å². The van der Waals surface area contributed by atoms with Crippen molar-refractivity contribution in [3.63, 3.8) is 0 Å². The molecule has 218 valence electrons. The van der Waals surface area contributed by atoms with Gasteiger partial charge in [0.1, 0.15) is 35.9 Å². The minimum atomic E-state index is -0.866. The Morgan fingerprint density at radius 2 is 1.86 bits per heavy atom. The number of halogens is 3. The number of anilines is 1. The monoisotopic (exact) mass is 575 g/mol. The molecule has 4 atom stereocenters. The van der Waals surface area contributed by atoms with Crippen LogP contribution in [0.25, 0.3) is 33.1 Å². The summed E-state index contributed by atoms with van der Waals surface area (Å²) >= 11 is 0. The number of rotatable bonds is 5. The number of benzene rings is 2. The summed E-state index contributed by atoms with van der Waals surface area (Å²) in [4.78, 5) is 13.8. The molecule has 7 nitrogen and oxygen atoms in total. The van der Waals surface area contributed by atoms with Crippen LogP contribution < -0.4 is 15.0 Å². The van der Waals surface area contributed by atoms with E-state index in [1.807, 2.05) is 6.07 Å². The number of piperazine rings is 1. The maximum absolute atomic E-state index is 15.9. The molecule has 4 fully saturated rings. The van der Waals surface area contributed by atoms with Gasteiger partial charge in [-0.2, -0.15) is 4.98 Å². The van der Waals surface area contributed by atoms with Gasteiger partial charge in [0, 0.05) is 60.5 Å². The van der Waals surface area contributed by atoms with Gasteiger partial charge in [-0.25, -0.2) is 18.2 Å². The summed E-state index contributed by atoms with van der Waals surface area (Å²) in [5.41, 5.74) is 0.769. The smallest absolute Gasteiger partial charge is 0.217 e. The highest BCUT2D eigenvalue weighted by molar-refractivity contribution is 5.99. The Morgan fingerprint density at radius 3 is 2.69 bits per heavy atom. The first-order chi connectivity index (χ1) is 20.3. The molecule has 4 aromatic rings. The van der Waals surface area contributed by atoms with E-state index >= 15 is 8.78 Å². The lowest BCUT2D eigenvalue weighted by Crippen LogP contribution is -2.51. The largest absolute Gasteiger partial charge is 0.508 e. The topological polar surface area (TPSA) is 73.8 Å². The zero-order valence-corrected chi connectivity index (χ0v) is 23.1. The number of nitrogens with zero attached hydrogens (tertiary/aromatic N) is 4. The third-order valence-corrected chi connectivity index (χ3v) is 9.68. The number of phenolic OH excluding ortho intramolecular Hbond substituents is 1. The van der Waals surface area contributed by atoms with E-state index in [1.165, 1.54) is 24.3 Å². The molecule has 0 saturated carbocycles. The lowest BCUT2D eigenvalue weighted by atomic mass is 9.95. The highest BCUT2D eigenvalue weighted by atomic mass is 19.1. The van der Waals surface area contributed by atoms with Crippen molar-refractivity contribution in [2.45, 2.75) is 55.9 Å². The van der Waals surface area contributed by atoms with Crippen molar-refractivity contribution in [2.75, 3.05) is 37.7 Å². The zero-order chi connectivity index (χ0) is 28.6. The number of aromatic nitrogens is 2. The quantitative estimate of drug-likeness (QED) is 0.333. The summed E-state index contributed by atoms with van der Waals surface area (Å²) in [6.07, 6.45) is 3.63. The van der Waals surface area contributed by atoms with Gasteiger partial charge in [0.05, 0.1) is 11.2 Å². The van der Waals surface area contributed by atoms with Gasteiger partial charge in [-0.1, -0.05) is 12.1 Å². The molecule has 2 bridgehead atoms. The zero-order valence-electron chi connectivity index (χ0n) is 23.1. The maximum atomic E-state index is 15.9. The lowest BCUT2D eigenvalue weighted by molar-refractivity contribution is 0.111. The Morgan fingerprint density at radius 1 is 1.02 bits per heavy atom. The van der Waals surface area contributed by atoms with Crippen LogP contribution in [0.5, 0.6) is 11.6 Å². The van der Waals surface area contributed by atoms with Gasteiger partial charge in [-0.05, 0) is 61.9 Å². The van der Waals surface area contributed by atoms with Crippen molar-refractivity contribution >= 4 is 27.5 Å². The third-order valence-electron chi connectivity index (χ3n) is 9.68. The number of ether oxygens (including phenoxy) is 1. The van der Waals surface area contributed by atoms with Crippen LogP contribution in [0.1, 0.15) is 32.1 Å². The minimum absolute atomic E-state index is 0.0962. The fraction of sp³-hybridized carbons (Fsp3) is 0.438. The second kappa shape index (κ2) is 9.70. The molecule has 2 N–H and O–H groups in total. The number of pyridine rings is 2. The van der Waals surface area contributed by atoms with Gasteiger partial charge in [-0.3, -0.25) is 4.90 Å². The number of fused-ring (bicyclic) bond motifs is 5. The van der Waals surface area contributed by atoms with Crippen LogP contribution in [0.2, 0.25) is 0 Å². The molecule has 8 rings (SSSR count). The van der Waals surface area contributed by atoms with E-state index in [1.54, 1.807) is 12.1 Å². The Labute approximate surface area is 241 Å². The van der Waals surface area contributed by atoms with Crippen molar-refractivity contribution < 1.29 is 23.0 Å². The van der Waals surface area contributed by atoms with Gasteiger partial charge in [0.25, 0.3) is 0 Å². The standard InChI is InChI=1S/C32H32F3N5O2/c33-19-13-32(7-2-8-40(32)14-19)17-42-28-12-27(39-15-20-5-6-21(16-39)36-20)23-11-26(35)30(38-31(23)37-28)24-10-22(41)9-18-3-1-4-25(34)29(18)24/h1,3-4,9-12,19-21,36,41H,2,5-8,13-17H2/t19-,20?,21?,32+/m1/s1. The van der Waals surface area contributed by atoms with Crippen LogP contribution in [-0.2, 0) is 0 Å². The molecule has 0 aliphatic carbocycles. The van der Waals surface area contributed by atoms with E-state index in [0.29, 0.717) is 48.3 Å². The second-order valence-corrected chi connectivity index (χ2v) is 12.4. The summed E-state index contributed by atoms with van der Waals surface area (Å²) in [5, 5.41) is 15.2. The molecule has 0 amide bonds. The molecular formula is C32H32F3N5O2. The van der Waals surface area contributed by atoms with E-state index < -0.39 is 17.8 Å². The van der Waals surface area contributed by atoms with E-state index in [9.17, 15) is 9.50 Å². The van der Waals surface area contributed by atoms with Crippen molar-refractivity contribution in [3.05, 3.63) is 54.1 Å². The molecule has 42 heavy (non-hydrogen) atoms. The third kappa shape index (κ3) is 4.26. The molecule has 4 aliphatic heterocycles. The SMILES string of the molecule is Oc1cc(-c2nc3nc(OC[C@@]45CCCN4C[C@H](F)C5)cc(N4CC5CCC(C4)N5)c3cc2F)c2c(F)cccc2c1. The van der Waals surface area contributed by atoms with E-state index in [0.717, 1.165) is 51.0 Å². The average Bonchev–Trinajstić information content (AvgIpc) is 3.61. The molecule has 4 saturated heterocycles. The molecule has 4 aliphatic rings. The summed E-state index contributed by atoms with van der Waals surface area (Å²) in [7, 11) is 0. The maximum Gasteiger partial charge on any atom is 0.217 e. The predicted molar refractivity (Wildman–Crippen MR) is 155 cm³/mol. The van der Waals surface area contributed by atoms with Crippen molar-refractivity contribution in [2.24, 2.45) is 0 Å². The fourth-order valence-corrected chi connectivity index (χ4v) is 7.81. The van der Waals surface area contributed by atoms with Crippen LogP contribution >= 0.6 is 0 Å². The number of nitrogens with one attached hydrogen (secondary N) is 1. The molecular weight excluding hydrogens is 543 g/mol. The molecule has 6 heterocycles. The number of hydrogen-bond acceptors (Lipinski definition) is 7. The first-order valence-electron chi connectivity index (χ1n) is 14.8. The van der Waals surface area contributed by atoms with Gasteiger partial charge in [-0.15, -0.1) is 0 Å². The molecule has 0 spiro atoms.